The van der Waals surface area contributed by atoms with Crippen molar-refractivity contribution >= 4 is 33.8 Å². The molecule has 0 N–H and O–H groups in total. The Morgan fingerprint density at radius 3 is 2.77 bits per heavy atom. The first kappa shape index (κ1) is 10.0. The Balaban J connectivity index is 3.41. The van der Waals surface area contributed by atoms with E-state index in [-0.39, 0.29) is 11.5 Å². The maximum atomic E-state index is 10.3. The van der Waals surface area contributed by atoms with Gasteiger partial charge in [-0.1, -0.05) is 12.1 Å². The van der Waals surface area contributed by atoms with Crippen LogP contribution in [0.1, 0.15) is 11.1 Å². The van der Waals surface area contributed by atoms with Crippen molar-refractivity contribution in [2.24, 2.45) is 4.36 Å². The van der Waals surface area contributed by atoms with Crippen LogP contribution < -0.4 is 0 Å². The highest BCUT2D eigenvalue weighted by atomic mass is 32.1. The first-order valence-corrected chi connectivity index (χ1v) is 5.01. The molecule has 68 valence electrons. The fourth-order valence-corrected chi connectivity index (χ4v) is 1.63. The summed E-state index contributed by atoms with van der Waals surface area (Å²) in [5.74, 6) is 0. The second kappa shape index (κ2) is 4.84. The van der Waals surface area contributed by atoms with Crippen molar-refractivity contribution in [3.05, 3.63) is 29.3 Å². The molecule has 0 saturated carbocycles. The fraction of sp³-hybridized carbons (Fsp3) is 0.125. The zero-order chi connectivity index (χ0) is 9.68. The van der Waals surface area contributed by atoms with Gasteiger partial charge in [-0.2, -0.15) is 8.57 Å². The topological polar surface area (TPSA) is 46.5 Å². The Bertz CT molecular complexity index is 418. The SMILES string of the molecule is Cc1cccc(N=S=O)c1C=S=O. The van der Waals surface area contributed by atoms with E-state index in [9.17, 15) is 8.42 Å². The first-order valence-electron chi connectivity index (χ1n) is 3.51. The predicted molar refractivity (Wildman–Crippen MR) is 54.7 cm³/mol. The fourth-order valence-electron chi connectivity index (χ4n) is 0.986. The van der Waals surface area contributed by atoms with Crippen LogP contribution in [0.3, 0.4) is 0 Å². The van der Waals surface area contributed by atoms with Gasteiger partial charge >= 0.3 is 0 Å². The average molecular weight is 213 g/mol. The molecule has 0 aliphatic carbocycles. The summed E-state index contributed by atoms with van der Waals surface area (Å²) >= 11 is 0.510. The molecule has 0 aliphatic heterocycles. The van der Waals surface area contributed by atoms with Crippen molar-refractivity contribution in [2.75, 3.05) is 0 Å². The third kappa shape index (κ3) is 2.43. The van der Waals surface area contributed by atoms with E-state index in [1.165, 1.54) is 5.37 Å². The second-order valence-corrected chi connectivity index (χ2v) is 3.15. The van der Waals surface area contributed by atoms with Crippen LogP contribution in [0.5, 0.6) is 0 Å². The lowest BCUT2D eigenvalue weighted by atomic mass is 10.1. The van der Waals surface area contributed by atoms with E-state index in [0.29, 0.717) is 16.9 Å². The van der Waals surface area contributed by atoms with Gasteiger partial charge < -0.3 is 0 Å². The van der Waals surface area contributed by atoms with Crippen LogP contribution in [0.4, 0.5) is 5.69 Å². The third-order valence-electron chi connectivity index (χ3n) is 1.60. The van der Waals surface area contributed by atoms with E-state index in [1.807, 2.05) is 13.0 Å². The van der Waals surface area contributed by atoms with E-state index in [4.69, 9.17) is 0 Å². The lowest BCUT2D eigenvalue weighted by Crippen LogP contribution is -1.86. The Morgan fingerprint density at radius 1 is 1.38 bits per heavy atom. The van der Waals surface area contributed by atoms with Gasteiger partial charge in [-0.15, -0.1) is 0 Å². The minimum absolute atomic E-state index is 0.147. The Morgan fingerprint density at radius 2 is 2.15 bits per heavy atom. The predicted octanol–water partition coefficient (Wildman–Crippen LogP) is 1.39. The molecule has 1 aromatic carbocycles. The number of rotatable bonds is 2. The van der Waals surface area contributed by atoms with Gasteiger partial charge in [0.05, 0.1) is 16.9 Å². The molecule has 1 aromatic rings. The van der Waals surface area contributed by atoms with Crippen LogP contribution in [0.25, 0.3) is 0 Å². The molecule has 0 spiro atoms. The molecule has 0 amide bonds. The summed E-state index contributed by atoms with van der Waals surface area (Å²) in [6, 6.07) is 5.38. The molecule has 0 radical (unpaired) electrons. The summed E-state index contributed by atoms with van der Waals surface area (Å²) in [5, 5.41) is 1.45. The van der Waals surface area contributed by atoms with Crippen LogP contribution in [0, 0.1) is 6.92 Å². The van der Waals surface area contributed by atoms with Crippen molar-refractivity contribution < 1.29 is 8.42 Å². The van der Waals surface area contributed by atoms with Crippen LogP contribution in [0.15, 0.2) is 22.6 Å². The van der Waals surface area contributed by atoms with E-state index >= 15 is 0 Å². The van der Waals surface area contributed by atoms with Crippen molar-refractivity contribution in [3.8, 4) is 0 Å². The van der Waals surface area contributed by atoms with Crippen LogP contribution in [-0.4, -0.2) is 13.8 Å². The Hall–Kier alpha value is -1.07. The zero-order valence-corrected chi connectivity index (χ0v) is 8.52. The minimum atomic E-state index is 0.147. The number of hydrogen-bond donors (Lipinski definition) is 0. The summed E-state index contributed by atoms with van der Waals surface area (Å²) in [6.45, 7) is 1.87. The number of hydrogen-bond acceptors (Lipinski definition) is 3. The lowest BCUT2D eigenvalue weighted by Gasteiger charge is -2.00. The summed E-state index contributed by atoms with van der Waals surface area (Å²) in [7, 11) is 0. The molecule has 3 nitrogen and oxygen atoms in total. The van der Waals surface area contributed by atoms with Gasteiger partial charge in [-0.25, -0.2) is 4.21 Å². The molecule has 0 aromatic heterocycles. The number of aryl methyl sites for hydroxylation is 1. The molecule has 0 atom stereocenters. The van der Waals surface area contributed by atoms with Gasteiger partial charge in [0.15, 0.2) is 0 Å². The van der Waals surface area contributed by atoms with Crippen LogP contribution >= 0.6 is 0 Å². The van der Waals surface area contributed by atoms with Crippen LogP contribution in [0.2, 0.25) is 0 Å². The minimum Gasteiger partial charge on any atom is -0.212 e. The quantitative estimate of drug-likeness (QED) is 0.697. The molecule has 5 heteroatoms. The molecule has 1 rings (SSSR count). The Kier molecular flexibility index (Phi) is 3.72. The summed E-state index contributed by atoms with van der Waals surface area (Å²) in [4.78, 5) is 0. The highest BCUT2D eigenvalue weighted by Crippen LogP contribution is 2.19. The monoisotopic (exact) mass is 213 g/mol. The van der Waals surface area contributed by atoms with Crippen LogP contribution in [-0.2, 0) is 22.7 Å². The maximum absolute atomic E-state index is 10.3. The molecule has 0 heterocycles. The van der Waals surface area contributed by atoms with E-state index in [2.05, 4.69) is 4.36 Å². The molecular formula is C8H7NO2S2. The molecule has 0 saturated heterocycles. The molecule has 0 bridgehead atoms. The van der Waals surface area contributed by atoms with Gasteiger partial charge in [0.1, 0.15) is 0 Å². The van der Waals surface area contributed by atoms with Crippen molar-refractivity contribution in [3.63, 3.8) is 0 Å². The lowest BCUT2D eigenvalue weighted by molar-refractivity contribution is 0.698. The largest absolute Gasteiger partial charge is 0.212 e. The summed E-state index contributed by atoms with van der Waals surface area (Å²) in [5.41, 5.74) is 2.23. The van der Waals surface area contributed by atoms with E-state index < -0.39 is 0 Å². The summed E-state index contributed by atoms with van der Waals surface area (Å²) < 4.78 is 24.2. The number of benzene rings is 1. The van der Waals surface area contributed by atoms with Gasteiger partial charge in [0, 0.05) is 10.9 Å². The van der Waals surface area contributed by atoms with E-state index in [1.54, 1.807) is 12.1 Å². The molecule has 0 unspecified atom stereocenters. The average Bonchev–Trinajstić information content (AvgIpc) is 2.11. The highest BCUT2D eigenvalue weighted by molar-refractivity contribution is 7.65. The van der Waals surface area contributed by atoms with Gasteiger partial charge in [-0.3, -0.25) is 0 Å². The van der Waals surface area contributed by atoms with Gasteiger partial charge in [0.25, 0.3) is 0 Å². The molecule has 0 fully saturated rings. The van der Waals surface area contributed by atoms with Crippen molar-refractivity contribution in [1.82, 2.24) is 0 Å². The molecule has 0 aliphatic rings. The third-order valence-corrected chi connectivity index (χ3v) is 2.21. The van der Waals surface area contributed by atoms with Crippen molar-refractivity contribution in [1.29, 1.82) is 0 Å². The van der Waals surface area contributed by atoms with Gasteiger partial charge in [0.2, 0.25) is 11.5 Å². The maximum Gasteiger partial charge on any atom is 0.205 e. The molecule has 13 heavy (non-hydrogen) atoms. The standard InChI is InChI=1S/C8H7NO2S2/c1-6-3-2-4-8(9-13-11)7(6)5-12-10/h2-5H,1H3. The smallest absolute Gasteiger partial charge is 0.205 e. The number of nitrogens with zero attached hydrogens (tertiary/aromatic N) is 1. The normalized spacial score (nSPS) is 9.00. The van der Waals surface area contributed by atoms with E-state index in [0.717, 1.165) is 11.1 Å². The summed E-state index contributed by atoms with van der Waals surface area (Å²) in [6.07, 6.45) is 0. The first-order chi connectivity index (χ1) is 6.29. The van der Waals surface area contributed by atoms with Crippen molar-refractivity contribution in [2.45, 2.75) is 6.92 Å². The zero-order valence-electron chi connectivity index (χ0n) is 6.89. The second-order valence-electron chi connectivity index (χ2n) is 2.39. The Labute approximate surface area is 83.1 Å². The van der Waals surface area contributed by atoms with Gasteiger partial charge in [-0.05, 0) is 18.6 Å². The highest BCUT2D eigenvalue weighted by Gasteiger charge is 2.00. The molecular weight excluding hydrogens is 206 g/mol.